The monoisotopic (exact) mass is 810 g/mol. The molecular weight excluding hydrogens is 774 g/mol. The van der Waals surface area contributed by atoms with Gasteiger partial charge in [-0.15, -0.1) is 0 Å². The predicted molar refractivity (Wildman–Crippen MR) is 246 cm³/mol. The number of nitriles is 1. The molecule has 0 saturated heterocycles. The highest BCUT2D eigenvalue weighted by Gasteiger charge is 2.37. The molecule has 62 heavy (non-hydrogen) atoms. The molecule has 0 aliphatic heterocycles. The lowest BCUT2D eigenvalue weighted by Gasteiger charge is -2.24. The van der Waals surface area contributed by atoms with Crippen LogP contribution < -0.4 is 0 Å². The zero-order valence-corrected chi connectivity index (χ0v) is 34.4. The topological polar surface area (TPSA) is 38.0 Å². The zero-order valence-electron chi connectivity index (χ0n) is 34.4. The van der Waals surface area contributed by atoms with Gasteiger partial charge in [-0.1, -0.05) is 138 Å². The highest BCUT2D eigenvalue weighted by atomic mass is 19.4. The molecule has 298 valence electrons. The van der Waals surface area contributed by atoms with E-state index in [9.17, 15) is 5.26 Å². The lowest BCUT2D eigenvalue weighted by Crippen LogP contribution is -2.11. The Labute approximate surface area is 356 Å². The fraction of sp³-hybridized carbons (Fsp3) is 0.0909. The second-order valence-electron chi connectivity index (χ2n) is 16.2. The van der Waals surface area contributed by atoms with E-state index in [1.165, 1.54) is 12.1 Å². The third-order valence-electron chi connectivity index (χ3n) is 11.9. The number of fused-ring (bicyclic) bond motifs is 6. The van der Waals surface area contributed by atoms with Crippen LogP contribution in [0.3, 0.4) is 0 Å². The van der Waals surface area contributed by atoms with E-state index in [2.05, 4.69) is 111 Å². The Balaban J connectivity index is 1.42. The summed E-state index contributed by atoms with van der Waals surface area (Å²) in [7, 11) is 0. The maximum Gasteiger partial charge on any atom is 0.415 e. The quantitative estimate of drug-likeness (QED) is 0.160. The molecule has 0 bridgehead atoms. The first-order chi connectivity index (χ1) is 29.9. The van der Waals surface area contributed by atoms with Gasteiger partial charge in [-0.2, -0.15) is 18.4 Å². The van der Waals surface area contributed by atoms with Crippen molar-refractivity contribution in [1.82, 2.24) is 9.13 Å². The molecule has 2 heterocycles. The number of hydrogen-bond acceptors (Lipinski definition) is 1. The highest BCUT2D eigenvalue weighted by molar-refractivity contribution is 6.13. The minimum Gasteiger partial charge on any atom is -0.309 e. The molecular formula is C55H37F3N4. The van der Waals surface area contributed by atoms with Crippen LogP contribution in [0.4, 0.5) is 18.9 Å². The average molecular weight is 811 g/mol. The van der Waals surface area contributed by atoms with Crippen molar-refractivity contribution in [2.24, 2.45) is 0 Å². The molecule has 2 aromatic heterocycles. The summed E-state index contributed by atoms with van der Waals surface area (Å²) < 4.78 is 50.8. The largest absolute Gasteiger partial charge is 0.415 e. The van der Waals surface area contributed by atoms with E-state index in [0.717, 1.165) is 94.2 Å². The second-order valence-corrected chi connectivity index (χ2v) is 16.2. The summed E-state index contributed by atoms with van der Waals surface area (Å²) in [5, 5.41) is 14.5. The number of aryl methyl sites for hydroxylation is 4. The van der Waals surface area contributed by atoms with E-state index in [0.29, 0.717) is 11.4 Å². The van der Waals surface area contributed by atoms with Gasteiger partial charge in [0, 0.05) is 32.7 Å². The van der Waals surface area contributed by atoms with Crippen molar-refractivity contribution in [2.75, 3.05) is 0 Å². The molecule has 10 aromatic rings. The van der Waals surface area contributed by atoms with Gasteiger partial charge in [0.2, 0.25) is 0 Å². The van der Waals surface area contributed by atoms with Crippen LogP contribution in [0.2, 0.25) is 0 Å². The minimum absolute atomic E-state index is 0.152. The van der Waals surface area contributed by atoms with Gasteiger partial charge in [-0.25, -0.2) is 4.85 Å². The van der Waals surface area contributed by atoms with Gasteiger partial charge in [0.15, 0.2) is 5.69 Å². The molecule has 8 aromatic carbocycles. The van der Waals surface area contributed by atoms with Gasteiger partial charge in [-0.3, -0.25) is 0 Å². The number of rotatable bonds is 5. The van der Waals surface area contributed by atoms with Gasteiger partial charge >= 0.3 is 6.18 Å². The third-order valence-corrected chi connectivity index (χ3v) is 11.9. The molecule has 0 N–H and O–H groups in total. The zero-order chi connectivity index (χ0) is 43.0. The number of para-hydroxylation sites is 2. The third kappa shape index (κ3) is 6.21. The highest BCUT2D eigenvalue weighted by Crippen LogP contribution is 2.50. The summed E-state index contributed by atoms with van der Waals surface area (Å²) in [6.07, 6.45) is -4.83. The van der Waals surface area contributed by atoms with Crippen LogP contribution >= 0.6 is 0 Å². The van der Waals surface area contributed by atoms with Crippen LogP contribution in [-0.4, -0.2) is 9.13 Å². The van der Waals surface area contributed by atoms with E-state index < -0.39 is 11.7 Å². The van der Waals surface area contributed by atoms with Crippen molar-refractivity contribution >= 4 is 49.3 Å². The van der Waals surface area contributed by atoms with Crippen LogP contribution in [0.5, 0.6) is 0 Å². The number of aromatic nitrogens is 2. The van der Waals surface area contributed by atoms with Crippen molar-refractivity contribution < 1.29 is 13.2 Å². The summed E-state index contributed by atoms with van der Waals surface area (Å²) >= 11 is 0. The molecule has 0 saturated carbocycles. The van der Waals surface area contributed by atoms with Crippen LogP contribution in [0.25, 0.3) is 93.2 Å². The molecule has 0 aliphatic rings. The van der Waals surface area contributed by atoms with E-state index in [4.69, 9.17) is 6.57 Å². The van der Waals surface area contributed by atoms with E-state index in [1.807, 2.05) is 57.7 Å². The maximum atomic E-state index is 15.6. The first-order valence-electron chi connectivity index (χ1n) is 20.3. The fourth-order valence-corrected chi connectivity index (χ4v) is 9.52. The van der Waals surface area contributed by atoms with Gasteiger partial charge in [0.1, 0.15) is 0 Å². The summed E-state index contributed by atoms with van der Waals surface area (Å²) in [6, 6.07) is 50.3. The van der Waals surface area contributed by atoms with Gasteiger partial charge in [0.05, 0.1) is 57.2 Å². The van der Waals surface area contributed by atoms with Crippen molar-refractivity contribution in [3.63, 3.8) is 0 Å². The first-order valence-corrected chi connectivity index (χ1v) is 20.3. The Morgan fingerprint density at radius 2 is 0.935 bits per heavy atom. The van der Waals surface area contributed by atoms with Gasteiger partial charge < -0.3 is 9.13 Å². The molecule has 10 rings (SSSR count). The van der Waals surface area contributed by atoms with Crippen molar-refractivity contribution in [2.45, 2.75) is 33.9 Å². The molecule has 0 atom stereocenters. The first kappa shape index (κ1) is 38.3. The maximum absolute atomic E-state index is 15.6. The molecule has 0 aliphatic carbocycles. The minimum atomic E-state index is -4.83. The smallest absolute Gasteiger partial charge is 0.309 e. The predicted octanol–water partition coefficient (Wildman–Crippen LogP) is 15.6. The normalized spacial score (nSPS) is 11.8. The number of nitrogens with zero attached hydrogens (tertiary/aromatic N) is 4. The van der Waals surface area contributed by atoms with Crippen LogP contribution in [0.1, 0.15) is 33.4 Å². The Kier molecular flexibility index (Phi) is 8.91. The number of benzene rings is 8. The number of alkyl halides is 3. The molecule has 0 fully saturated rings. The lowest BCUT2D eigenvalue weighted by atomic mass is 9.92. The Morgan fingerprint density at radius 1 is 0.484 bits per heavy atom. The Hall–Kier alpha value is -7.87. The summed E-state index contributed by atoms with van der Waals surface area (Å²) in [5.74, 6) is 0. The lowest BCUT2D eigenvalue weighted by molar-refractivity contribution is -0.137. The molecule has 0 radical (unpaired) electrons. The van der Waals surface area contributed by atoms with Gasteiger partial charge in [0.25, 0.3) is 0 Å². The van der Waals surface area contributed by atoms with E-state index in [1.54, 1.807) is 12.1 Å². The molecule has 0 spiro atoms. The van der Waals surface area contributed by atoms with Crippen molar-refractivity contribution in [3.05, 3.63) is 196 Å². The standard InChI is InChI=1S/C55H37F3N4/c1-32-21-33(2)24-39(23-32)37-17-19-43-41-11-6-8-15-47(41)61(49(43)29-37)51-27-36(31-59)28-52(54(51)53-45(55(56,57)58)13-10-14-46(53)60-5)62-48-16-9-7-12-42(48)44-20-18-38(30-50(44)62)40-25-34(3)22-35(4)26-40/h6-30H,1-4H3. The Morgan fingerprint density at radius 3 is 1.37 bits per heavy atom. The van der Waals surface area contributed by atoms with E-state index in [-0.39, 0.29) is 22.4 Å². The van der Waals surface area contributed by atoms with Gasteiger partial charge in [-0.05, 0) is 86.3 Å². The van der Waals surface area contributed by atoms with Crippen LogP contribution in [0.15, 0.2) is 152 Å². The Bertz CT molecular complexity index is 3360. The van der Waals surface area contributed by atoms with Crippen molar-refractivity contribution in [3.8, 4) is 50.8 Å². The fourth-order valence-electron chi connectivity index (χ4n) is 9.52. The van der Waals surface area contributed by atoms with E-state index >= 15 is 13.2 Å². The van der Waals surface area contributed by atoms with Crippen LogP contribution in [-0.2, 0) is 6.18 Å². The summed E-state index contributed by atoms with van der Waals surface area (Å²) in [6.45, 7) is 16.6. The average Bonchev–Trinajstić information content (AvgIpc) is 3.76. The molecule has 0 unspecified atom stereocenters. The number of halogens is 3. The molecule has 0 amide bonds. The summed E-state index contributed by atoms with van der Waals surface area (Å²) in [5.41, 5.74) is 11.1. The SMILES string of the molecule is [C-]#[N+]c1cccc(C(F)(F)F)c1-c1c(-n2c3ccccc3c3ccc(-c4cc(C)cc(C)c4)cc32)cc(C#N)cc1-n1c2ccccc2c2ccc(-c3cc(C)cc(C)c3)cc21. The molecule has 4 nitrogen and oxygen atoms in total. The number of hydrogen-bond donors (Lipinski definition) is 0. The van der Waals surface area contributed by atoms with Crippen LogP contribution in [0, 0.1) is 45.6 Å². The summed E-state index contributed by atoms with van der Waals surface area (Å²) in [4.78, 5) is 3.76. The second kappa shape index (κ2) is 14.4. The molecule has 7 heteroatoms. The van der Waals surface area contributed by atoms with Crippen molar-refractivity contribution in [1.29, 1.82) is 5.26 Å².